The Morgan fingerprint density at radius 1 is 1.15 bits per heavy atom. The van der Waals surface area contributed by atoms with Crippen molar-refractivity contribution < 1.29 is 29.0 Å². The van der Waals surface area contributed by atoms with Crippen molar-refractivity contribution >= 4 is 41.1 Å². The molecule has 0 aliphatic rings. The number of para-hydroxylation sites is 1. The number of rotatable bonds is 10. The summed E-state index contributed by atoms with van der Waals surface area (Å²) in [7, 11) is 0. The molecule has 0 aliphatic carbocycles. The van der Waals surface area contributed by atoms with E-state index in [2.05, 4.69) is 16.6 Å². The van der Waals surface area contributed by atoms with E-state index in [1.807, 2.05) is 0 Å². The molecule has 208 valence electrons. The van der Waals surface area contributed by atoms with Crippen molar-refractivity contribution in [1.82, 2.24) is 10.2 Å². The van der Waals surface area contributed by atoms with Crippen LogP contribution in [0.15, 0.2) is 42.5 Å². The van der Waals surface area contributed by atoms with Crippen LogP contribution < -0.4 is 16.4 Å². The lowest BCUT2D eigenvalue weighted by atomic mass is 10.0. The Bertz CT molecular complexity index is 1230. The van der Waals surface area contributed by atoms with Gasteiger partial charge in [-0.1, -0.05) is 41.8 Å². The molecule has 0 saturated carbocycles. The first-order valence-electron chi connectivity index (χ1n) is 12.1. The molecular formula is C28H33ClN4O6. The van der Waals surface area contributed by atoms with E-state index in [0.717, 1.165) is 4.90 Å². The molecule has 4 amide bonds. The van der Waals surface area contributed by atoms with Crippen LogP contribution in [0.1, 0.15) is 49.9 Å². The molecule has 2 unspecified atom stereocenters. The molecule has 0 spiro atoms. The third-order valence-electron chi connectivity index (χ3n) is 5.44. The zero-order chi connectivity index (χ0) is 29.3. The molecule has 0 aliphatic heterocycles. The second-order valence-electron chi connectivity index (χ2n) is 9.71. The summed E-state index contributed by atoms with van der Waals surface area (Å²) in [6.45, 7) is 5.80. The number of amides is 4. The topological polar surface area (TPSA) is 151 Å². The minimum absolute atomic E-state index is 0.281. The molecular weight excluding hydrogens is 524 g/mol. The first kappa shape index (κ1) is 31.1. The highest BCUT2D eigenvalue weighted by molar-refractivity contribution is 6.34. The van der Waals surface area contributed by atoms with E-state index in [1.54, 1.807) is 70.2 Å². The molecule has 0 fully saturated rings. The Morgan fingerprint density at radius 3 is 2.31 bits per heavy atom. The van der Waals surface area contributed by atoms with Crippen LogP contribution in [0.4, 0.5) is 10.5 Å². The van der Waals surface area contributed by atoms with Crippen LogP contribution in [-0.4, -0.2) is 58.6 Å². The number of carbonyl (C=O) groups excluding carboxylic acids is 4. The number of anilines is 1. The smallest absolute Gasteiger partial charge is 0.408 e. The van der Waals surface area contributed by atoms with Crippen LogP contribution in [0, 0.1) is 19.3 Å². The number of nitrogens with two attached hydrogens (primary N) is 1. The van der Waals surface area contributed by atoms with Crippen LogP contribution in [0.5, 0.6) is 0 Å². The molecule has 0 heterocycles. The fourth-order valence-electron chi connectivity index (χ4n) is 3.74. The third kappa shape index (κ3) is 9.02. The van der Waals surface area contributed by atoms with Gasteiger partial charge in [0.25, 0.3) is 5.91 Å². The van der Waals surface area contributed by atoms with Crippen molar-refractivity contribution in [2.75, 3.05) is 18.5 Å². The van der Waals surface area contributed by atoms with Gasteiger partial charge < -0.3 is 31.1 Å². The maximum Gasteiger partial charge on any atom is 0.408 e. The minimum Gasteiger partial charge on any atom is -0.444 e. The molecule has 39 heavy (non-hydrogen) atoms. The normalized spacial score (nSPS) is 12.4. The number of aryl methyl sites for hydroxylation is 1. The van der Waals surface area contributed by atoms with E-state index in [4.69, 9.17) is 28.5 Å². The van der Waals surface area contributed by atoms with Gasteiger partial charge in [0.05, 0.1) is 23.7 Å². The van der Waals surface area contributed by atoms with E-state index in [0.29, 0.717) is 22.4 Å². The summed E-state index contributed by atoms with van der Waals surface area (Å²) in [4.78, 5) is 52.9. The average molecular weight is 557 g/mol. The number of hydrogen-bond acceptors (Lipinski definition) is 6. The predicted molar refractivity (Wildman–Crippen MR) is 148 cm³/mol. The Balaban J connectivity index is 2.56. The van der Waals surface area contributed by atoms with Crippen LogP contribution in [0.25, 0.3) is 0 Å². The highest BCUT2D eigenvalue weighted by atomic mass is 35.5. The largest absolute Gasteiger partial charge is 0.444 e. The number of benzene rings is 2. The van der Waals surface area contributed by atoms with Gasteiger partial charge in [0.2, 0.25) is 11.8 Å². The van der Waals surface area contributed by atoms with Crippen molar-refractivity contribution in [3.63, 3.8) is 0 Å². The molecule has 2 atom stereocenters. The van der Waals surface area contributed by atoms with Gasteiger partial charge in [-0.2, -0.15) is 0 Å². The molecule has 0 radical (unpaired) electrons. The number of primary amides is 1. The van der Waals surface area contributed by atoms with Gasteiger partial charge in [0, 0.05) is 12.1 Å². The van der Waals surface area contributed by atoms with Gasteiger partial charge >= 0.3 is 6.09 Å². The van der Waals surface area contributed by atoms with Crippen LogP contribution in [0.3, 0.4) is 0 Å². The number of alkyl carbamates (subject to hydrolysis) is 1. The van der Waals surface area contributed by atoms with E-state index in [1.165, 1.54) is 0 Å². The maximum absolute atomic E-state index is 13.8. The molecule has 2 aromatic rings. The van der Waals surface area contributed by atoms with E-state index >= 15 is 0 Å². The van der Waals surface area contributed by atoms with Crippen LogP contribution in [0.2, 0.25) is 5.02 Å². The van der Waals surface area contributed by atoms with Gasteiger partial charge in [-0.05, 0) is 57.0 Å². The standard InChI is InChI=1S/C28H33ClN4O6/c1-6-18-10-12-19(13-11-18)24(25(36)32-23-17(2)8-7-9-20(23)29)33(14-15-34)26(37)21(16-22(30)35)31-27(38)39-28(3,4)5/h1,7-13,21,24,34H,14-16H2,2-5H3,(H2,30,35)(H,31,38)(H,32,36). The summed E-state index contributed by atoms with van der Waals surface area (Å²) in [5, 5.41) is 15.2. The van der Waals surface area contributed by atoms with Crippen molar-refractivity contribution in [3.05, 3.63) is 64.2 Å². The lowest BCUT2D eigenvalue weighted by Gasteiger charge is -2.34. The summed E-state index contributed by atoms with van der Waals surface area (Å²) < 4.78 is 5.23. The zero-order valence-corrected chi connectivity index (χ0v) is 23.0. The zero-order valence-electron chi connectivity index (χ0n) is 22.3. The number of ether oxygens (including phenoxy) is 1. The quantitative estimate of drug-likeness (QED) is 0.330. The Kier molecular flexibility index (Phi) is 10.9. The number of aliphatic hydroxyl groups is 1. The third-order valence-corrected chi connectivity index (χ3v) is 5.76. The number of nitrogens with zero attached hydrogens (tertiary/aromatic N) is 1. The van der Waals surface area contributed by atoms with Gasteiger partial charge in [0.1, 0.15) is 17.7 Å². The predicted octanol–water partition coefficient (Wildman–Crippen LogP) is 2.90. The lowest BCUT2D eigenvalue weighted by Crippen LogP contribution is -2.54. The van der Waals surface area contributed by atoms with Crippen LogP contribution in [-0.2, 0) is 19.1 Å². The van der Waals surface area contributed by atoms with Crippen molar-refractivity contribution in [3.8, 4) is 12.3 Å². The number of halogens is 1. The molecule has 0 saturated heterocycles. The fourth-order valence-corrected chi connectivity index (χ4v) is 4.01. The van der Waals surface area contributed by atoms with E-state index < -0.39 is 54.5 Å². The summed E-state index contributed by atoms with van der Waals surface area (Å²) in [6.07, 6.45) is 3.93. The summed E-state index contributed by atoms with van der Waals surface area (Å²) in [5.74, 6) is 0.110. The van der Waals surface area contributed by atoms with Crippen molar-refractivity contribution in [2.45, 2.75) is 51.8 Å². The molecule has 0 aromatic heterocycles. The monoisotopic (exact) mass is 556 g/mol. The lowest BCUT2D eigenvalue weighted by molar-refractivity contribution is -0.142. The Hall–Kier alpha value is -4.07. The molecule has 10 nitrogen and oxygen atoms in total. The maximum atomic E-state index is 13.8. The number of nitrogens with one attached hydrogen (secondary N) is 2. The van der Waals surface area contributed by atoms with E-state index in [-0.39, 0.29) is 11.6 Å². The minimum atomic E-state index is -1.48. The van der Waals surface area contributed by atoms with Crippen LogP contribution >= 0.6 is 11.6 Å². The van der Waals surface area contributed by atoms with Crippen molar-refractivity contribution in [1.29, 1.82) is 0 Å². The fraction of sp³-hybridized carbons (Fsp3) is 0.357. The summed E-state index contributed by atoms with van der Waals surface area (Å²) >= 11 is 6.31. The number of terminal acetylenes is 1. The molecule has 2 aromatic carbocycles. The highest BCUT2D eigenvalue weighted by Gasteiger charge is 2.37. The Labute approximate surface area is 232 Å². The average Bonchev–Trinajstić information content (AvgIpc) is 2.84. The Morgan fingerprint density at radius 2 is 1.79 bits per heavy atom. The second-order valence-corrected chi connectivity index (χ2v) is 10.1. The SMILES string of the molecule is C#Cc1ccc(C(C(=O)Nc2c(C)cccc2Cl)N(CCO)C(=O)C(CC(N)=O)NC(=O)OC(C)(C)C)cc1. The van der Waals surface area contributed by atoms with Gasteiger partial charge in [-0.25, -0.2) is 4.79 Å². The van der Waals surface area contributed by atoms with E-state index in [9.17, 15) is 24.3 Å². The number of carbonyl (C=O) groups is 4. The molecule has 11 heteroatoms. The van der Waals surface area contributed by atoms with Gasteiger partial charge in [-0.3, -0.25) is 14.4 Å². The first-order valence-corrected chi connectivity index (χ1v) is 12.5. The summed E-state index contributed by atoms with van der Waals surface area (Å²) in [6, 6.07) is 8.61. The molecule has 2 rings (SSSR count). The van der Waals surface area contributed by atoms with Gasteiger partial charge in [0.15, 0.2) is 0 Å². The van der Waals surface area contributed by atoms with Gasteiger partial charge in [-0.15, -0.1) is 6.42 Å². The molecule has 0 bridgehead atoms. The first-order chi connectivity index (χ1) is 18.3. The summed E-state index contributed by atoms with van der Waals surface area (Å²) in [5.41, 5.74) is 6.38. The number of aliphatic hydroxyl groups excluding tert-OH is 1. The van der Waals surface area contributed by atoms with Crippen molar-refractivity contribution in [2.24, 2.45) is 5.73 Å². The second kappa shape index (κ2) is 13.6. The highest BCUT2D eigenvalue weighted by Crippen LogP contribution is 2.29. The number of hydrogen-bond donors (Lipinski definition) is 4. The molecule has 5 N–H and O–H groups in total.